The molecule has 1 atom stereocenters. The fraction of sp³-hybridized carbons (Fsp3) is 0.250. The molecule has 2 aromatic rings. The molecule has 0 amide bonds. The minimum absolute atomic E-state index is 0.00503. The van der Waals surface area contributed by atoms with Crippen molar-refractivity contribution in [3.63, 3.8) is 0 Å². The highest BCUT2D eigenvalue weighted by Crippen LogP contribution is 2.34. The number of non-ortho nitro benzene ring substituents is 1. The van der Waals surface area contributed by atoms with Gasteiger partial charge in [0.2, 0.25) is 16.8 Å². The first-order valence-corrected chi connectivity index (χ1v) is 9.17. The maximum Gasteiger partial charge on any atom is 0.269 e. The molecular weight excluding hydrogens is 364 g/mol. The van der Waals surface area contributed by atoms with E-state index in [1.54, 1.807) is 18.2 Å². The van der Waals surface area contributed by atoms with Gasteiger partial charge in [0.1, 0.15) is 0 Å². The fourth-order valence-corrected chi connectivity index (χ4v) is 3.50. The van der Waals surface area contributed by atoms with Crippen LogP contribution in [0.5, 0.6) is 11.5 Å². The summed E-state index contributed by atoms with van der Waals surface area (Å²) in [4.78, 5) is 9.92. The summed E-state index contributed by atoms with van der Waals surface area (Å²) in [6, 6.07) is 9.58. The van der Waals surface area contributed by atoms with Crippen molar-refractivity contribution in [2.75, 3.05) is 13.3 Å². The van der Waals surface area contributed by atoms with Gasteiger partial charge in [0.05, 0.1) is 15.9 Å². The number of aliphatic hydroxyl groups is 1. The molecule has 0 aromatic heterocycles. The topological polar surface area (TPSA) is 128 Å². The number of nitrogens with zero attached hydrogens (tertiary/aromatic N) is 1. The zero-order chi connectivity index (χ0) is 18.7. The molecule has 2 N–H and O–H groups in total. The number of nitrogens with one attached hydrogen (secondary N) is 1. The second-order valence-corrected chi connectivity index (χ2v) is 7.33. The molecule has 2 aromatic carbocycles. The minimum Gasteiger partial charge on any atom is -0.454 e. The van der Waals surface area contributed by atoms with Crippen molar-refractivity contribution in [2.24, 2.45) is 0 Å². The molecule has 0 saturated heterocycles. The molecule has 0 saturated carbocycles. The van der Waals surface area contributed by atoms with Gasteiger partial charge < -0.3 is 14.6 Å². The average Bonchev–Trinajstić information content (AvgIpc) is 3.09. The van der Waals surface area contributed by atoms with Crippen molar-refractivity contribution in [1.29, 1.82) is 0 Å². The largest absolute Gasteiger partial charge is 0.454 e. The molecule has 9 nitrogen and oxygen atoms in total. The van der Waals surface area contributed by atoms with Gasteiger partial charge in [-0.2, -0.15) is 0 Å². The SMILES string of the molecule is O=[N+]([O-])c1ccc(S(=O)(=O)NCCC(O)c2ccc3c(c2)OCO3)cc1. The fourth-order valence-electron chi connectivity index (χ4n) is 2.45. The Bertz CT molecular complexity index is 913. The quantitative estimate of drug-likeness (QED) is 0.553. The van der Waals surface area contributed by atoms with Crippen LogP contribution in [0, 0.1) is 10.1 Å². The summed E-state index contributed by atoms with van der Waals surface area (Å²) in [6.07, 6.45) is -0.740. The van der Waals surface area contributed by atoms with Gasteiger partial charge in [0.25, 0.3) is 5.69 Å². The van der Waals surface area contributed by atoms with E-state index in [1.165, 1.54) is 0 Å². The minimum atomic E-state index is -3.82. The number of benzene rings is 2. The van der Waals surface area contributed by atoms with Crippen molar-refractivity contribution in [1.82, 2.24) is 4.72 Å². The maximum absolute atomic E-state index is 12.2. The van der Waals surface area contributed by atoms with Gasteiger partial charge in [-0.15, -0.1) is 0 Å². The Morgan fingerprint density at radius 3 is 2.54 bits per heavy atom. The van der Waals surface area contributed by atoms with Gasteiger partial charge in [-0.05, 0) is 36.2 Å². The van der Waals surface area contributed by atoms with Gasteiger partial charge in [-0.25, -0.2) is 13.1 Å². The number of rotatable bonds is 7. The van der Waals surface area contributed by atoms with Crippen molar-refractivity contribution >= 4 is 15.7 Å². The second-order valence-electron chi connectivity index (χ2n) is 5.57. The Balaban J connectivity index is 1.58. The third kappa shape index (κ3) is 3.93. The molecule has 0 aliphatic carbocycles. The summed E-state index contributed by atoms with van der Waals surface area (Å²) in [6.45, 7) is 0.124. The average molecular weight is 380 g/mol. The molecule has 0 radical (unpaired) electrons. The summed E-state index contributed by atoms with van der Waals surface area (Å²) < 4.78 is 37.2. The van der Waals surface area contributed by atoms with E-state index in [2.05, 4.69) is 4.72 Å². The molecule has 10 heteroatoms. The van der Waals surface area contributed by atoms with Gasteiger partial charge in [0.15, 0.2) is 11.5 Å². The summed E-state index contributed by atoms with van der Waals surface area (Å²) in [5, 5.41) is 20.8. The van der Waals surface area contributed by atoms with Crippen LogP contribution in [-0.4, -0.2) is 31.8 Å². The number of aliphatic hydroxyl groups excluding tert-OH is 1. The van der Waals surface area contributed by atoms with E-state index in [4.69, 9.17) is 9.47 Å². The van der Waals surface area contributed by atoms with Crippen LogP contribution in [0.25, 0.3) is 0 Å². The third-order valence-electron chi connectivity index (χ3n) is 3.85. The highest BCUT2D eigenvalue weighted by Gasteiger charge is 2.19. The van der Waals surface area contributed by atoms with Crippen LogP contribution in [0.2, 0.25) is 0 Å². The molecule has 1 unspecified atom stereocenters. The molecule has 1 aliphatic rings. The molecular formula is C16H16N2O7S. The molecule has 0 spiro atoms. The Hall–Kier alpha value is -2.69. The molecule has 0 fully saturated rings. The predicted molar refractivity (Wildman–Crippen MR) is 90.4 cm³/mol. The number of ether oxygens (including phenoxy) is 2. The predicted octanol–water partition coefficient (Wildman–Crippen LogP) is 1.73. The van der Waals surface area contributed by atoms with Crippen LogP contribution < -0.4 is 14.2 Å². The number of sulfonamides is 1. The first-order chi connectivity index (χ1) is 12.4. The smallest absolute Gasteiger partial charge is 0.269 e. The monoisotopic (exact) mass is 380 g/mol. The number of hydrogen-bond donors (Lipinski definition) is 2. The molecule has 1 aliphatic heterocycles. The molecule has 26 heavy (non-hydrogen) atoms. The van der Waals surface area contributed by atoms with E-state index < -0.39 is 21.1 Å². The third-order valence-corrected chi connectivity index (χ3v) is 5.33. The Morgan fingerprint density at radius 1 is 1.15 bits per heavy atom. The van der Waals surface area contributed by atoms with Crippen LogP contribution in [0.3, 0.4) is 0 Å². The van der Waals surface area contributed by atoms with Crippen LogP contribution in [0.1, 0.15) is 18.1 Å². The number of hydrogen-bond acceptors (Lipinski definition) is 7. The molecule has 1 heterocycles. The van der Waals surface area contributed by atoms with Gasteiger partial charge in [-0.3, -0.25) is 10.1 Å². The number of nitro benzene ring substituents is 1. The van der Waals surface area contributed by atoms with Crippen LogP contribution in [0.4, 0.5) is 5.69 Å². The van der Waals surface area contributed by atoms with Gasteiger partial charge in [-0.1, -0.05) is 6.07 Å². The van der Waals surface area contributed by atoms with Crippen molar-refractivity contribution in [2.45, 2.75) is 17.4 Å². The Labute approximate surface area is 149 Å². The number of fused-ring (bicyclic) bond motifs is 1. The second kappa shape index (κ2) is 7.28. The Morgan fingerprint density at radius 2 is 1.85 bits per heavy atom. The van der Waals surface area contributed by atoms with Gasteiger partial charge >= 0.3 is 0 Å². The molecule has 3 rings (SSSR count). The van der Waals surface area contributed by atoms with Crippen LogP contribution in [-0.2, 0) is 10.0 Å². The van der Waals surface area contributed by atoms with E-state index >= 15 is 0 Å². The standard InChI is InChI=1S/C16H16N2O7S/c19-14(11-1-6-15-16(9-11)25-10-24-15)7-8-17-26(22,23)13-4-2-12(3-5-13)18(20)21/h1-6,9,14,17,19H,7-8,10H2. The van der Waals surface area contributed by atoms with Crippen LogP contribution in [0.15, 0.2) is 47.4 Å². The normalized spacial score (nSPS) is 14.2. The van der Waals surface area contributed by atoms with Gasteiger partial charge in [0, 0.05) is 18.7 Å². The van der Waals surface area contributed by atoms with Crippen molar-refractivity contribution in [3.05, 3.63) is 58.1 Å². The maximum atomic E-state index is 12.2. The van der Waals surface area contributed by atoms with E-state index in [-0.39, 0.29) is 30.3 Å². The van der Waals surface area contributed by atoms with E-state index in [0.29, 0.717) is 17.1 Å². The first-order valence-electron chi connectivity index (χ1n) is 7.68. The lowest BCUT2D eigenvalue weighted by atomic mass is 10.1. The lowest BCUT2D eigenvalue weighted by molar-refractivity contribution is -0.384. The van der Waals surface area contributed by atoms with E-state index in [0.717, 1.165) is 24.3 Å². The van der Waals surface area contributed by atoms with Crippen molar-refractivity contribution in [3.8, 4) is 11.5 Å². The van der Waals surface area contributed by atoms with Crippen molar-refractivity contribution < 1.29 is 27.9 Å². The highest BCUT2D eigenvalue weighted by molar-refractivity contribution is 7.89. The van der Waals surface area contributed by atoms with E-state index in [1.807, 2.05) is 0 Å². The highest BCUT2D eigenvalue weighted by atomic mass is 32.2. The molecule has 138 valence electrons. The lowest BCUT2D eigenvalue weighted by Gasteiger charge is -2.12. The van der Waals surface area contributed by atoms with E-state index in [9.17, 15) is 23.6 Å². The lowest BCUT2D eigenvalue weighted by Crippen LogP contribution is -2.26. The summed E-state index contributed by atoms with van der Waals surface area (Å²) in [5.74, 6) is 1.13. The van der Waals surface area contributed by atoms with Crippen LogP contribution >= 0.6 is 0 Å². The molecule has 0 bridgehead atoms. The Kier molecular flexibility index (Phi) is 5.07. The zero-order valence-electron chi connectivity index (χ0n) is 13.5. The summed E-state index contributed by atoms with van der Waals surface area (Å²) in [5.41, 5.74) is 0.394. The first kappa shape index (κ1) is 18.1. The summed E-state index contributed by atoms with van der Waals surface area (Å²) >= 11 is 0. The zero-order valence-corrected chi connectivity index (χ0v) is 14.3. The summed E-state index contributed by atoms with van der Waals surface area (Å²) in [7, 11) is -3.82. The number of nitro groups is 1.